The van der Waals surface area contributed by atoms with Gasteiger partial charge in [0.1, 0.15) is 22.9 Å². The van der Waals surface area contributed by atoms with E-state index in [1.54, 1.807) is 5.51 Å². The van der Waals surface area contributed by atoms with Crippen LogP contribution in [0.3, 0.4) is 0 Å². The van der Waals surface area contributed by atoms with Gasteiger partial charge in [-0.2, -0.15) is 0 Å². The molecule has 0 saturated carbocycles. The van der Waals surface area contributed by atoms with Crippen LogP contribution in [0.5, 0.6) is 0 Å². The summed E-state index contributed by atoms with van der Waals surface area (Å²) in [5.41, 5.74) is 10.2. The van der Waals surface area contributed by atoms with Crippen molar-refractivity contribution in [1.82, 2.24) is 14.4 Å². The highest BCUT2D eigenvalue weighted by Gasteiger charge is 2.11. The third-order valence-electron chi connectivity index (χ3n) is 2.24. The van der Waals surface area contributed by atoms with Crippen LogP contribution in [-0.4, -0.2) is 14.4 Å². The number of rotatable bonds is 1. The second-order valence-corrected chi connectivity index (χ2v) is 3.87. The summed E-state index contributed by atoms with van der Waals surface area (Å²) in [5.74, 6) is 0.636. The first kappa shape index (κ1) is 8.43. The van der Waals surface area contributed by atoms with Gasteiger partial charge in [-0.05, 0) is 12.1 Å². The molecule has 0 bridgehead atoms. The van der Waals surface area contributed by atoms with E-state index in [0.29, 0.717) is 5.82 Å². The third-order valence-corrected chi connectivity index (χ3v) is 2.83. The van der Waals surface area contributed by atoms with E-state index in [1.165, 1.54) is 11.3 Å². The lowest BCUT2D eigenvalue weighted by Crippen LogP contribution is -1.93. The van der Waals surface area contributed by atoms with Crippen LogP contribution in [0.2, 0.25) is 0 Å². The van der Waals surface area contributed by atoms with Gasteiger partial charge in [0.2, 0.25) is 0 Å². The fourth-order valence-corrected chi connectivity index (χ4v) is 2.07. The van der Waals surface area contributed by atoms with Gasteiger partial charge in [-0.1, -0.05) is 6.07 Å². The van der Waals surface area contributed by atoms with Crippen molar-refractivity contribution >= 4 is 22.8 Å². The number of nitrogens with zero attached hydrogens (tertiary/aromatic N) is 3. The standard InChI is InChI=1S/C10H8N4S/c11-10-9(7-5-15-6-12-7)13-8-3-1-2-4-14(8)10/h1-6H,11H2. The van der Waals surface area contributed by atoms with Gasteiger partial charge in [-0.15, -0.1) is 11.3 Å². The average Bonchev–Trinajstić information content (AvgIpc) is 2.87. The Morgan fingerprint density at radius 3 is 3.00 bits per heavy atom. The Balaban J connectivity index is 2.33. The fourth-order valence-electron chi connectivity index (χ4n) is 1.53. The maximum absolute atomic E-state index is 6.00. The number of pyridine rings is 1. The zero-order chi connectivity index (χ0) is 10.3. The second kappa shape index (κ2) is 3.06. The van der Waals surface area contributed by atoms with Gasteiger partial charge in [-0.3, -0.25) is 4.40 Å². The molecule has 0 fully saturated rings. The summed E-state index contributed by atoms with van der Waals surface area (Å²) in [6.45, 7) is 0. The molecule has 0 atom stereocenters. The minimum Gasteiger partial charge on any atom is -0.383 e. The summed E-state index contributed by atoms with van der Waals surface area (Å²) in [4.78, 5) is 8.64. The molecule has 0 amide bonds. The quantitative estimate of drug-likeness (QED) is 0.677. The predicted molar refractivity (Wildman–Crippen MR) is 60.7 cm³/mol. The van der Waals surface area contributed by atoms with E-state index in [-0.39, 0.29) is 0 Å². The van der Waals surface area contributed by atoms with E-state index < -0.39 is 0 Å². The maximum Gasteiger partial charge on any atom is 0.139 e. The molecule has 3 heterocycles. The Morgan fingerprint density at radius 2 is 2.27 bits per heavy atom. The molecule has 0 radical (unpaired) electrons. The molecule has 3 rings (SSSR count). The lowest BCUT2D eigenvalue weighted by Gasteiger charge is -1.94. The molecule has 3 aromatic rings. The number of nitrogens with two attached hydrogens (primary N) is 1. The van der Waals surface area contributed by atoms with Crippen LogP contribution in [0, 0.1) is 0 Å². The molecule has 5 heteroatoms. The normalized spacial score (nSPS) is 10.9. The number of hydrogen-bond donors (Lipinski definition) is 1. The molecule has 0 aliphatic heterocycles. The summed E-state index contributed by atoms with van der Waals surface area (Å²) < 4.78 is 1.86. The van der Waals surface area contributed by atoms with Crippen molar-refractivity contribution < 1.29 is 0 Å². The van der Waals surface area contributed by atoms with Crippen molar-refractivity contribution in [3.05, 3.63) is 35.3 Å². The Hall–Kier alpha value is -1.88. The number of thiazole rings is 1. The third kappa shape index (κ3) is 1.20. The molecule has 0 spiro atoms. The van der Waals surface area contributed by atoms with E-state index in [4.69, 9.17) is 5.73 Å². The van der Waals surface area contributed by atoms with Crippen LogP contribution in [0.4, 0.5) is 5.82 Å². The molecule has 0 aliphatic carbocycles. The van der Waals surface area contributed by atoms with E-state index in [0.717, 1.165) is 17.0 Å². The molecule has 0 unspecified atom stereocenters. The smallest absolute Gasteiger partial charge is 0.139 e. The van der Waals surface area contributed by atoms with Crippen molar-refractivity contribution in [3.63, 3.8) is 0 Å². The Bertz CT molecular complexity index is 597. The highest BCUT2D eigenvalue weighted by atomic mass is 32.1. The van der Waals surface area contributed by atoms with Gasteiger partial charge in [0.25, 0.3) is 0 Å². The van der Waals surface area contributed by atoms with Crippen molar-refractivity contribution in [2.24, 2.45) is 0 Å². The number of fused-ring (bicyclic) bond motifs is 1. The number of anilines is 1. The number of hydrogen-bond acceptors (Lipinski definition) is 4. The minimum atomic E-state index is 0.636. The average molecular weight is 216 g/mol. The topological polar surface area (TPSA) is 56.2 Å². The van der Waals surface area contributed by atoms with Crippen LogP contribution in [0.25, 0.3) is 17.0 Å². The molecule has 0 aromatic carbocycles. The number of aromatic nitrogens is 3. The van der Waals surface area contributed by atoms with Gasteiger partial charge in [0.05, 0.1) is 5.51 Å². The SMILES string of the molecule is Nc1c(-c2cscn2)nc2ccccn12. The number of imidazole rings is 1. The van der Waals surface area contributed by atoms with Crippen LogP contribution in [0.15, 0.2) is 35.3 Å². The van der Waals surface area contributed by atoms with Crippen molar-refractivity contribution in [3.8, 4) is 11.4 Å². The second-order valence-electron chi connectivity index (χ2n) is 3.15. The first-order valence-electron chi connectivity index (χ1n) is 4.47. The van der Waals surface area contributed by atoms with Crippen LogP contribution >= 0.6 is 11.3 Å². The van der Waals surface area contributed by atoms with Crippen LogP contribution < -0.4 is 5.73 Å². The first-order chi connectivity index (χ1) is 7.36. The molecular weight excluding hydrogens is 208 g/mol. The fraction of sp³-hybridized carbons (Fsp3) is 0. The minimum absolute atomic E-state index is 0.636. The van der Waals surface area contributed by atoms with Gasteiger partial charge >= 0.3 is 0 Å². The lowest BCUT2D eigenvalue weighted by atomic mass is 10.3. The molecule has 4 nitrogen and oxygen atoms in total. The van der Waals surface area contributed by atoms with Gasteiger partial charge in [0.15, 0.2) is 0 Å². The summed E-state index contributed by atoms with van der Waals surface area (Å²) in [7, 11) is 0. The van der Waals surface area contributed by atoms with Gasteiger partial charge < -0.3 is 5.73 Å². The predicted octanol–water partition coefficient (Wildman–Crippen LogP) is 2.04. The lowest BCUT2D eigenvalue weighted by molar-refractivity contribution is 1.20. The molecule has 3 aromatic heterocycles. The van der Waals surface area contributed by atoms with Crippen LogP contribution in [-0.2, 0) is 0 Å². The van der Waals surface area contributed by atoms with E-state index in [1.807, 2.05) is 34.2 Å². The molecule has 15 heavy (non-hydrogen) atoms. The Labute approximate surface area is 90.0 Å². The first-order valence-corrected chi connectivity index (χ1v) is 5.41. The maximum atomic E-state index is 6.00. The monoisotopic (exact) mass is 216 g/mol. The summed E-state index contributed by atoms with van der Waals surface area (Å²) >= 11 is 1.54. The van der Waals surface area contributed by atoms with Crippen LogP contribution in [0.1, 0.15) is 0 Å². The zero-order valence-corrected chi connectivity index (χ0v) is 8.61. The van der Waals surface area contributed by atoms with Gasteiger partial charge in [-0.25, -0.2) is 9.97 Å². The highest BCUT2D eigenvalue weighted by molar-refractivity contribution is 7.07. The van der Waals surface area contributed by atoms with E-state index >= 15 is 0 Å². The van der Waals surface area contributed by atoms with Crippen molar-refractivity contribution in [2.45, 2.75) is 0 Å². The largest absolute Gasteiger partial charge is 0.383 e. The molecule has 0 saturated heterocycles. The summed E-state index contributed by atoms with van der Waals surface area (Å²) in [6.07, 6.45) is 1.90. The van der Waals surface area contributed by atoms with Gasteiger partial charge in [0, 0.05) is 11.6 Å². The summed E-state index contributed by atoms with van der Waals surface area (Å²) in [5, 5.41) is 1.94. The molecule has 74 valence electrons. The van der Waals surface area contributed by atoms with E-state index in [2.05, 4.69) is 9.97 Å². The van der Waals surface area contributed by atoms with E-state index in [9.17, 15) is 0 Å². The molecular formula is C10H8N4S. The number of nitrogen functional groups attached to an aromatic ring is 1. The zero-order valence-electron chi connectivity index (χ0n) is 7.79. The Kier molecular flexibility index (Phi) is 1.72. The molecule has 2 N–H and O–H groups in total. The highest BCUT2D eigenvalue weighted by Crippen LogP contribution is 2.25. The van der Waals surface area contributed by atoms with Crippen molar-refractivity contribution in [2.75, 3.05) is 5.73 Å². The Morgan fingerprint density at radius 1 is 1.33 bits per heavy atom. The molecule has 0 aliphatic rings. The van der Waals surface area contributed by atoms with Crippen molar-refractivity contribution in [1.29, 1.82) is 0 Å². The summed E-state index contributed by atoms with van der Waals surface area (Å²) in [6, 6.07) is 5.79.